The van der Waals surface area contributed by atoms with Crippen molar-refractivity contribution in [3.8, 4) is 11.8 Å². The molecular formula is C17H23NO3. The van der Waals surface area contributed by atoms with Gasteiger partial charge in [0, 0.05) is 24.6 Å². The minimum Gasteiger partial charge on any atom is -0.395 e. The molecule has 0 saturated heterocycles. The Labute approximate surface area is 126 Å². The van der Waals surface area contributed by atoms with Gasteiger partial charge in [0.1, 0.15) is 0 Å². The Morgan fingerprint density at radius 3 is 2.57 bits per heavy atom. The molecule has 4 heteroatoms. The van der Waals surface area contributed by atoms with E-state index < -0.39 is 0 Å². The van der Waals surface area contributed by atoms with E-state index in [1.165, 1.54) is 0 Å². The predicted molar refractivity (Wildman–Crippen MR) is 83.0 cm³/mol. The Kier molecular flexibility index (Phi) is 6.93. The van der Waals surface area contributed by atoms with E-state index in [9.17, 15) is 4.79 Å². The van der Waals surface area contributed by atoms with Crippen LogP contribution in [0.5, 0.6) is 0 Å². The monoisotopic (exact) mass is 289 g/mol. The molecule has 0 aliphatic heterocycles. The highest BCUT2D eigenvalue weighted by molar-refractivity contribution is 5.97. The van der Waals surface area contributed by atoms with Gasteiger partial charge < -0.3 is 15.1 Å². The summed E-state index contributed by atoms with van der Waals surface area (Å²) in [5.74, 6) is 5.67. The van der Waals surface area contributed by atoms with E-state index in [-0.39, 0.29) is 25.2 Å². The fourth-order valence-corrected chi connectivity index (χ4v) is 2.02. The lowest BCUT2D eigenvalue weighted by atomic mass is 10.0. The fraction of sp³-hybridized carbons (Fsp3) is 0.471. The number of amides is 1. The molecule has 0 radical (unpaired) electrons. The van der Waals surface area contributed by atoms with Gasteiger partial charge >= 0.3 is 0 Å². The lowest BCUT2D eigenvalue weighted by Crippen LogP contribution is -2.39. The quantitative estimate of drug-likeness (QED) is 0.809. The van der Waals surface area contributed by atoms with Gasteiger partial charge in [0.2, 0.25) is 0 Å². The highest BCUT2D eigenvalue weighted by Crippen LogP contribution is 2.15. The average Bonchev–Trinajstić information content (AvgIpc) is 2.44. The molecule has 0 saturated carbocycles. The zero-order valence-corrected chi connectivity index (χ0v) is 12.9. The third-order valence-electron chi connectivity index (χ3n) is 3.09. The summed E-state index contributed by atoms with van der Waals surface area (Å²) in [6.07, 6.45) is 0.381. The molecule has 0 aliphatic rings. The van der Waals surface area contributed by atoms with Gasteiger partial charge in [0.05, 0.1) is 18.8 Å². The van der Waals surface area contributed by atoms with Crippen molar-refractivity contribution in [3.05, 3.63) is 34.9 Å². The van der Waals surface area contributed by atoms with Gasteiger partial charge in [-0.3, -0.25) is 4.79 Å². The normalized spacial score (nSPS) is 10.2. The second-order valence-corrected chi connectivity index (χ2v) is 5.14. The van der Waals surface area contributed by atoms with Crippen molar-refractivity contribution in [2.75, 3.05) is 19.8 Å². The van der Waals surface area contributed by atoms with Crippen molar-refractivity contribution in [2.45, 2.75) is 33.2 Å². The van der Waals surface area contributed by atoms with Crippen molar-refractivity contribution < 1.29 is 15.0 Å². The van der Waals surface area contributed by atoms with E-state index in [0.29, 0.717) is 24.1 Å². The van der Waals surface area contributed by atoms with Crippen LogP contribution in [0, 0.1) is 18.8 Å². The summed E-state index contributed by atoms with van der Waals surface area (Å²) in [5.41, 5.74) is 2.23. The van der Waals surface area contributed by atoms with Crippen molar-refractivity contribution in [2.24, 2.45) is 0 Å². The second-order valence-electron chi connectivity index (χ2n) is 5.14. The molecule has 114 valence electrons. The highest BCUT2D eigenvalue weighted by atomic mass is 16.3. The molecule has 0 spiro atoms. The number of carbonyl (C=O) groups is 1. The van der Waals surface area contributed by atoms with E-state index in [2.05, 4.69) is 11.8 Å². The van der Waals surface area contributed by atoms with Crippen LogP contribution in [0.2, 0.25) is 0 Å². The largest absolute Gasteiger partial charge is 0.395 e. The molecule has 0 aliphatic carbocycles. The topological polar surface area (TPSA) is 60.8 Å². The molecule has 2 N–H and O–H groups in total. The predicted octanol–water partition coefficient (Wildman–Crippen LogP) is 1.57. The van der Waals surface area contributed by atoms with Crippen LogP contribution in [0.15, 0.2) is 18.2 Å². The summed E-state index contributed by atoms with van der Waals surface area (Å²) >= 11 is 0. The molecule has 1 amide bonds. The third kappa shape index (κ3) is 4.89. The van der Waals surface area contributed by atoms with Gasteiger partial charge in [-0.05, 0) is 38.5 Å². The maximum Gasteiger partial charge on any atom is 0.255 e. The first-order valence-corrected chi connectivity index (χ1v) is 7.13. The molecule has 4 nitrogen and oxygen atoms in total. The Morgan fingerprint density at radius 1 is 1.29 bits per heavy atom. The molecular weight excluding hydrogens is 266 g/mol. The Bertz CT molecular complexity index is 541. The van der Waals surface area contributed by atoms with E-state index in [1.807, 2.05) is 32.9 Å². The lowest BCUT2D eigenvalue weighted by molar-refractivity contribution is 0.0665. The van der Waals surface area contributed by atoms with Crippen molar-refractivity contribution in [3.63, 3.8) is 0 Å². The smallest absolute Gasteiger partial charge is 0.255 e. The number of hydrogen-bond acceptors (Lipinski definition) is 3. The van der Waals surface area contributed by atoms with Gasteiger partial charge in [0.25, 0.3) is 5.91 Å². The molecule has 0 bridgehead atoms. The summed E-state index contributed by atoms with van der Waals surface area (Å²) in [7, 11) is 0. The first-order valence-electron chi connectivity index (χ1n) is 7.13. The molecule has 0 unspecified atom stereocenters. The van der Waals surface area contributed by atoms with Crippen LogP contribution in [-0.4, -0.2) is 46.8 Å². The fourth-order valence-electron chi connectivity index (χ4n) is 2.02. The molecule has 1 aromatic carbocycles. The first-order chi connectivity index (χ1) is 10.0. The summed E-state index contributed by atoms with van der Waals surface area (Å²) in [6, 6.07) is 5.52. The third-order valence-corrected chi connectivity index (χ3v) is 3.09. The average molecular weight is 289 g/mol. The van der Waals surface area contributed by atoms with Gasteiger partial charge in [-0.15, -0.1) is 0 Å². The van der Waals surface area contributed by atoms with E-state index in [4.69, 9.17) is 10.2 Å². The van der Waals surface area contributed by atoms with E-state index in [1.54, 1.807) is 11.0 Å². The number of nitrogens with zero attached hydrogens (tertiary/aromatic N) is 1. The zero-order chi connectivity index (χ0) is 15.8. The van der Waals surface area contributed by atoms with Gasteiger partial charge in [0.15, 0.2) is 0 Å². The number of carbonyl (C=O) groups excluding carboxylic acids is 1. The Hall–Kier alpha value is -1.83. The van der Waals surface area contributed by atoms with Crippen LogP contribution in [0.3, 0.4) is 0 Å². The maximum absolute atomic E-state index is 12.6. The van der Waals surface area contributed by atoms with Crippen molar-refractivity contribution in [1.29, 1.82) is 0 Å². The van der Waals surface area contributed by atoms with Crippen LogP contribution in [-0.2, 0) is 0 Å². The van der Waals surface area contributed by atoms with Crippen LogP contribution >= 0.6 is 0 Å². The Balaban J connectivity index is 3.16. The van der Waals surface area contributed by atoms with Crippen LogP contribution in [0.1, 0.15) is 41.8 Å². The first kappa shape index (κ1) is 17.2. The minimum atomic E-state index is -0.132. The standard InChI is InChI=1S/C17H23NO3/c1-13(2)18(9-11-20)17(21)16-8-7-14(3)12-15(16)6-4-5-10-19/h7-8,12-13,19-20H,5,9-11H2,1-3H3. The maximum atomic E-state index is 12.6. The zero-order valence-electron chi connectivity index (χ0n) is 12.9. The molecule has 21 heavy (non-hydrogen) atoms. The SMILES string of the molecule is Cc1ccc(C(=O)N(CCO)C(C)C)c(C#CCCO)c1. The number of aliphatic hydroxyl groups excluding tert-OH is 2. The van der Waals surface area contributed by atoms with Gasteiger partial charge in [-0.2, -0.15) is 0 Å². The van der Waals surface area contributed by atoms with Gasteiger partial charge in [-0.1, -0.05) is 17.9 Å². The lowest BCUT2D eigenvalue weighted by Gasteiger charge is -2.26. The molecule has 0 fully saturated rings. The molecule has 1 rings (SSSR count). The van der Waals surface area contributed by atoms with Crippen molar-refractivity contribution >= 4 is 5.91 Å². The molecule has 0 atom stereocenters. The summed E-state index contributed by atoms with van der Waals surface area (Å²) in [4.78, 5) is 14.3. The highest BCUT2D eigenvalue weighted by Gasteiger charge is 2.20. The van der Waals surface area contributed by atoms with Gasteiger partial charge in [-0.25, -0.2) is 0 Å². The second kappa shape index (κ2) is 8.46. The van der Waals surface area contributed by atoms with E-state index in [0.717, 1.165) is 5.56 Å². The number of aliphatic hydroxyl groups is 2. The van der Waals surface area contributed by atoms with Crippen molar-refractivity contribution in [1.82, 2.24) is 4.90 Å². The minimum absolute atomic E-state index is 0.00389. The summed E-state index contributed by atoms with van der Waals surface area (Å²) in [5, 5.41) is 17.9. The van der Waals surface area contributed by atoms with Crippen LogP contribution in [0.4, 0.5) is 0 Å². The van der Waals surface area contributed by atoms with Crippen LogP contribution in [0.25, 0.3) is 0 Å². The number of hydrogen-bond donors (Lipinski definition) is 2. The molecule has 0 heterocycles. The summed E-state index contributed by atoms with van der Waals surface area (Å²) < 4.78 is 0. The summed E-state index contributed by atoms with van der Waals surface area (Å²) in [6.45, 7) is 6.01. The van der Waals surface area contributed by atoms with E-state index >= 15 is 0 Å². The molecule has 1 aromatic rings. The number of benzene rings is 1. The Morgan fingerprint density at radius 2 is 2.00 bits per heavy atom. The number of aryl methyl sites for hydroxylation is 1. The molecule has 0 aromatic heterocycles. The number of rotatable bonds is 5. The van der Waals surface area contributed by atoms with Crippen LogP contribution < -0.4 is 0 Å².